The van der Waals surface area contributed by atoms with Crippen molar-refractivity contribution in [3.05, 3.63) is 55.0 Å². The van der Waals surface area contributed by atoms with Crippen LogP contribution >= 0.6 is 12.4 Å². The second-order valence-corrected chi connectivity index (χ2v) is 2.64. The summed E-state index contributed by atoms with van der Waals surface area (Å²) in [7, 11) is 0. The molecule has 0 bridgehead atoms. The van der Waals surface area contributed by atoms with Crippen LogP contribution in [0.4, 0.5) is 0 Å². The summed E-state index contributed by atoms with van der Waals surface area (Å²) in [6, 6.07) is 14.4. The van der Waals surface area contributed by atoms with Gasteiger partial charge < -0.3 is 0 Å². The van der Waals surface area contributed by atoms with E-state index in [1.807, 2.05) is 24.3 Å². The Labute approximate surface area is 78.6 Å². The minimum Gasteiger partial charge on any atom is -0.147 e. The second kappa shape index (κ2) is 3.59. The molecule has 0 aromatic heterocycles. The van der Waals surface area contributed by atoms with Crippen LogP contribution in [0.5, 0.6) is 0 Å². The molecule has 0 aliphatic rings. The van der Waals surface area contributed by atoms with Gasteiger partial charge in [0.2, 0.25) is 0 Å². The summed E-state index contributed by atoms with van der Waals surface area (Å²) in [5.41, 5.74) is 1.10. The second-order valence-electron chi connectivity index (χ2n) is 2.64. The lowest BCUT2D eigenvalue weighted by molar-refractivity contribution is 1.68. The molecule has 0 heterocycles. The number of hydrogen-bond acceptors (Lipinski definition) is 0. The van der Waals surface area contributed by atoms with E-state index in [0.29, 0.717) is 0 Å². The highest BCUT2D eigenvalue weighted by Crippen LogP contribution is 2.16. The summed E-state index contributed by atoms with van der Waals surface area (Å²) in [4.78, 5) is 0. The molecular formula is C11H10Cl. The normalized spacial score (nSPS) is 9.42. The maximum absolute atomic E-state index is 3.95. The molecule has 0 saturated carbocycles. The molecule has 0 atom stereocenters. The van der Waals surface area contributed by atoms with Crippen LogP contribution in [0.1, 0.15) is 5.56 Å². The first-order chi connectivity index (χ1) is 5.38. The van der Waals surface area contributed by atoms with Gasteiger partial charge in [-0.2, -0.15) is 0 Å². The molecule has 0 N–H and O–H groups in total. The van der Waals surface area contributed by atoms with Crippen molar-refractivity contribution in [1.29, 1.82) is 0 Å². The lowest BCUT2D eigenvalue weighted by atomic mass is 10.1. The van der Waals surface area contributed by atoms with E-state index in [4.69, 9.17) is 0 Å². The molecule has 0 unspecified atom stereocenters. The van der Waals surface area contributed by atoms with E-state index < -0.39 is 0 Å². The zero-order valence-electron chi connectivity index (χ0n) is 6.66. The Morgan fingerprint density at radius 2 is 1.50 bits per heavy atom. The molecule has 0 saturated heterocycles. The molecular weight excluding hydrogens is 168 g/mol. The van der Waals surface area contributed by atoms with Crippen molar-refractivity contribution in [3.63, 3.8) is 0 Å². The first kappa shape index (κ1) is 9.08. The maximum atomic E-state index is 3.95. The molecule has 2 rings (SSSR count). The molecule has 2 aromatic rings. The van der Waals surface area contributed by atoms with Gasteiger partial charge in [0, 0.05) is 0 Å². The van der Waals surface area contributed by atoms with Crippen LogP contribution in [-0.4, -0.2) is 0 Å². The average molecular weight is 178 g/mol. The zero-order valence-corrected chi connectivity index (χ0v) is 7.47. The molecule has 0 spiro atoms. The zero-order chi connectivity index (χ0) is 7.68. The SMILES string of the molecule is Cl.[CH2]c1cccc2ccccc12. The van der Waals surface area contributed by atoms with E-state index in [9.17, 15) is 0 Å². The Morgan fingerprint density at radius 1 is 0.833 bits per heavy atom. The molecule has 0 amide bonds. The minimum atomic E-state index is 0. The van der Waals surface area contributed by atoms with Crippen molar-refractivity contribution in [1.82, 2.24) is 0 Å². The predicted octanol–water partition coefficient (Wildman–Crippen LogP) is 3.44. The van der Waals surface area contributed by atoms with Crippen LogP contribution in [0.3, 0.4) is 0 Å². The van der Waals surface area contributed by atoms with Crippen molar-refractivity contribution < 1.29 is 0 Å². The summed E-state index contributed by atoms with van der Waals surface area (Å²) < 4.78 is 0. The van der Waals surface area contributed by atoms with Gasteiger partial charge in [-0.1, -0.05) is 42.5 Å². The van der Waals surface area contributed by atoms with Gasteiger partial charge in [0.1, 0.15) is 0 Å². The molecule has 1 radical (unpaired) electrons. The van der Waals surface area contributed by atoms with E-state index in [1.165, 1.54) is 10.8 Å². The van der Waals surface area contributed by atoms with Crippen LogP contribution in [0.15, 0.2) is 42.5 Å². The number of fused-ring (bicyclic) bond motifs is 1. The van der Waals surface area contributed by atoms with E-state index >= 15 is 0 Å². The van der Waals surface area contributed by atoms with Gasteiger partial charge >= 0.3 is 0 Å². The predicted molar refractivity (Wildman–Crippen MR) is 55.7 cm³/mol. The number of halogens is 1. The fourth-order valence-corrected chi connectivity index (χ4v) is 1.29. The van der Waals surface area contributed by atoms with Gasteiger partial charge in [-0.05, 0) is 23.3 Å². The summed E-state index contributed by atoms with van der Waals surface area (Å²) in [6.07, 6.45) is 0. The molecule has 61 valence electrons. The number of benzene rings is 2. The van der Waals surface area contributed by atoms with Crippen LogP contribution in [-0.2, 0) is 0 Å². The highest BCUT2D eigenvalue weighted by atomic mass is 35.5. The van der Waals surface area contributed by atoms with Crippen molar-refractivity contribution in [3.8, 4) is 0 Å². The Hall–Kier alpha value is -1.01. The maximum Gasteiger partial charge on any atom is -0.0152 e. The fraction of sp³-hybridized carbons (Fsp3) is 0. The van der Waals surface area contributed by atoms with E-state index in [1.54, 1.807) is 0 Å². The van der Waals surface area contributed by atoms with E-state index in [-0.39, 0.29) is 12.4 Å². The monoisotopic (exact) mass is 177 g/mol. The highest BCUT2D eigenvalue weighted by molar-refractivity contribution is 5.86. The molecule has 0 fully saturated rings. The van der Waals surface area contributed by atoms with E-state index in [0.717, 1.165) is 5.56 Å². The fourth-order valence-electron chi connectivity index (χ4n) is 1.29. The Bertz CT molecular complexity index is 374. The molecule has 12 heavy (non-hydrogen) atoms. The van der Waals surface area contributed by atoms with Crippen molar-refractivity contribution in [2.75, 3.05) is 0 Å². The van der Waals surface area contributed by atoms with Crippen LogP contribution in [0.25, 0.3) is 10.8 Å². The van der Waals surface area contributed by atoms with Crippen molar-refractivity contribution >= 4 is 23.2 Å². The van der Waals surface area contributed by atoms with Gasteiger partial charge in [-0.25, -0.2) is 0 Å². The Balaban J connectivity index is 0.000000720. The van der Waals surface area contributed by atoms with Crippen LogP contribution < -0.4 is 0 Å². The average Bonchev–Trinajstić information content (AvgIpc) is 2.06. The molecule has 0 nitrogen and oxygen atoms in total. The van der Waals surface area contributed by atoms with Gasteiger partial charge in [-0.3, -0.25) is 0 Å². The topological polar surface area (TPSA) is 0 Å². The molecule has 0 aliphatic carbocycles. The van der Waals surface area contributed by atoms with Crippen LogP contribution in [0.2, 0.25) is 0 Å². The third-order valence-corrected chi connectivity index (χ3v) is 1.88. The lowest BCUT2D eigenvalue weighted by Crippen LogP contribution is -1.75. The molecule has 1 heteroatoms. The molecule has 0 aliphatic heterocycles. The summed E-state index contributed by atoms with van der Waals surface area (Å²) >= 11 is 0. The first-order valence-corrected chi connectivity index (χ1v) is 3.67. The number of hydrogen-bond donors (Lipinski definition) is 0. The Kier molecular flexibility index (Phi) is 2.72. The van der Waals surface area contributed by atoms with Gasteiger partial charge in [-0.15, -0.1) is 12.4 Å². The van der Waals surface area contributed by atoms with Crippen molar-refractivity contribution in [2.24, 2.45) is 0 Å². The van der Waals surface area contributed by atoms with Gasteiger partial charge in [0.05, 0.1) is 0 Å². The van der Waals surface area contributed by atoms with E-state index in [2.05, 4.69) is 25.1 Å². The third-order valence-electron chi connectivity index (χ3n) is 1.88. The van der Waals surface area contributed by atoms with Gasteiger partial charge in [0.15, 0.2) is 0 Å². The smallest absolute Gasteiger partial charge is 0.0152 e. The number of rotatable bonds is 0. The summed E-state index contributed by atoms with van der Waals surface area (Å²) in [6.45, 7) is 3.95. The Morgan fingerprint density at radius 3 is 2.25 bits per heavy atom. The summed E-state index contributed by atoms with van der Waals surface area (Å²) in [5.74, 6) is 0. The van der Waals surface area contributed by atoms with Crippen molar-refractivity contribution in [2.45, 2.75) is 0 Å². The quantitative estimate of drug-likeness (QED) is 0.578. The third kappa shape index (κ3) is 1.44. The first-order valence-electron chi connectivity index (χ1n) is 3.67. The van der Waals surface area contributed by atoms with Crippen LogP contribution in [0, 0.1) is 6.92 Å². The minimum absolute atomic E-state index is 0. The highest BCUT2D eigenvalue weighted by Gasteiger charge is 1.92. The summed E-state index contributed by atoms with van der Waals surface area (Å²) in [5, 5.41) is 2.51. The van der Waals surface area contributed by atoms with Gasteiger partial charge in [0.25, 0.3) is 0 Å². The largest absolute Gasteiger partial charge is 0.147 e. The molecule has 2 aromatic carbocycles. The standard InChI is InChI=1S/C11H9.ClH/c1-9-5-4-7-10-6-2-3-8-11(9)10;/h2-8H,1H2;1H. The lowest BCUT2D eigenvalue weighted by Gasteiger charge is -1.98.